The molecule has 0 aromatic heterocycles. The van der Waals surface area contributed by atoms with Gasteiger partial charge in [-0.05, 0) is 43.5 Å². The Kier molecular flexibility index (Phi) is 9.19. The fourth-order valence-corrected chi connectivity index (χ4v) is 2.73. The highest BCUT2D eigenvalue weighted by Crippen LogP contribution is 2.18. The molecule has 0 atom stereocenters. The maximum atomic E-state index is 11.8. The summed E-state index contributed by atoms with van der Waals surface area (Å²) in [5.74, 6) is 0.617. The number of amides is 1. The van der Waals surface area contributed by atoms with Crippen LogP contribution in [-0.2, 0) is 11.3 Å². The predicted octanol–water partition coefficient (Wildman–Crippen LogP) is 3.58. The van der Waals surface area contributed by atoms with Crippen molar-refractivity contribution in [1.82, 2.24) is 10.6 Å². The second-order valence-corrected chi connectivity index (χ2v) is 6.24. The summed E-state index contributed by atoms with van der Waals surface area (Å²) in [6.07, 6.45) is 3.14. The molecule has 0 radical (unpaired) electrons. The van der Waals surface area contributed by atoms with Crippen LogP contribution in [0.3, 0.4) is 0 Å². The zero-order valence-electron chi connectivity index (χ0n) is 13.4. The largest absolute Gasteiger partial charge is 0.353 e. The molecule has 1 rings (SSSR count). The first-order valence-corrected chi connectivity index (χ1v) is 8.89. The molecule has 0 fully saturated rings. The van der Waals surface area contributed by atoms with Gasteiger partial charge in [0.15, 0.2) is 0 Å². The van der Waals surface area contributed by atoms with Crippen LogP contribution in [0.15, 0.2) is 29.2 Å². The van der Waals surface area contributed by atoms with Crippen LogP contribution >= 0.6 is 11.8 Å². The van der Waals surface area contributed by atoms with Crippen LogP contribution in [0.25, 0.3) is 0 Å². The van der Waals surface area contributed by atoms with E-state index in [4.69, 9.17) is 0 Å². The summed E-state index contributed by atoms with van der Waals surface area (Å²) in [6.45, 7) is 8.33. The molecule has 0 spiro atoms. The number of hydrogen-bond acceptors (Lipinski definition) is 3. The Morgan fingerprint density at radius 3 is 2.38 bits per heavy atom. The Morgan fingerprint density at radius 1 is 1.14 bits per heavy atom. The highest BCUT2D eigenvalue weighted by Gasteiger charge is 2.08. The lowest BCUT2D eigenvalue weighted by atomic mass is 10.2. The predicted molar refractivity (Wildman–Crippen MR) is 91.7 cm³/mol. The van der Waals surface area contributed by atoms with Crippen LogP contribution in [0.4, 0.5) is 0 Å². The van der Waals surface area contributed by atoms with E-state index >= 15 is 0 Å². The molecule has 0 aliphatic rings. The van der Waals surface area contributed by atoms with E-state index in [1.807, 2.05) is 0 Å². The second-order valence-electron chi connectivity index (χ2n) is 5.19. The first-order chi connectivity index (χ1) is 10.2. The van der Waals surface area contributed by atoms with Gasteiger partial charge in [0.05, 0.1) is 5.75 Å². The number of thioether (sulfide) groups is 1. The minimum atomic E-state index is 0.127. The molecule has 1 amide bonds. The third-order valence-corrected chi connectivity index (χ3v) is 4.41. The summed E-state index contributed by atoms with van der Waals surface area (Å²) in [4.78, 5) is 13.0. The van der Waals surface area contributed by atoms with E-state index in [9.17, 15) is 4.79 Å². The van der Waals surface area contributed by atoms with Crippen LogP contribution in [0, 0.1) is 0 Å². The molecule has 118 valence electrons. The number of benzene rings is 1. The highest BCUT2D eigenvalue weighted by atomic mass is 32.2. The molecule has 1 aromatic rings. The number of rotatable bonds is 10. The summed E-state index contributed by atoms with van der Waals surface area (Å²) >= 11 is 1.60. The number of nitrogens with one attached hydrogen (secondary N) is 2. The lowest BCUT2D eigenvalue weighted by Gasteiger charge is -2.14. The van der Waals surface area contributed by atoms with Gasteiger partial charge < -0.3 is 10.6 Å². The summed E-state index contributed by atoms with van der Waals surface area (Å²) in [6, 6.07) is 8.76. The maximum Gasteiger partial charge on any atom is 0.230 e. The molecule has 21 heavy (non-hydrogen) atoms. The van der Waals surface area contributed by atoms with E-state index < -0.39 is 0 Å². The van der Waals surface area contributed by atoms with Crippen molar-refractivity contribution in [1.29, 1.82) is 0 Å². The lowest BCUT2D eigenvalue weighted by Crippen LogP contribution is -2.34. The van der Waals surface area contributed by atoms with Crippen molar-refractivity contribution in [2.24, 2.45) is 0 Å². The number of carbonyl (C=O) groups is 1. The molecule has 0 saturated heterocycles. The van der Waals surface area contributed by atoms with Crippen molar-refractivity contribution >= 4 is 17.7 Å². The van der Waals surface area contributed by atoms with Crippen LogP contribution in [0.2, 0.25) is 0 Å². The quantitative estimate of drug-likeness (QED) is 0.513. The van der Waals surface area contributed by atoms with Gasteiger partial charge in [0.25, 0.3) is 0 Å². The van der Waals surface area contributed by atoms with Gasteiger partial charge in [-0.15, -0.1) is 11.8 Å². The first kappa shape index (κ1) is 18.1. The van der Waals surface area contributed by atoms with Crippen LogP contribution in [-0.4, -0.2) is 24.2 Å². The molecule has 0 aliphatic heterocycles. The van der Waals surface area contributed by atoms with Gasteiger partial charge in [-0.2, -0.15) is 0 Å². The minimum Gasteiger partial charge on any atom is -0.353 e. The molecule has 1 aromatic carbocycles. The van der Waals surface area contributed by atoms with Crippen LogP contribution < -0.4 is 10.6 Å². The zero-order valence-corrected chi connectivity index (χ0v) is 14.3. The maximum absolute atomic E-state index is 11.8. The average Bonchev–Trinajstić information content (AvgIpc) is 2.52. The number of hydrogen-bond donors (Lipinski definition) is 2. The van der Waals surface area contributed by atoms with Gasteiger partial charge in [0.2, 0.25) is 5.91 Å². The monoisotopic (exact) mass is 308 g/mol. The van der Waals surface area contributed by atoms with Crippen molar-refractivity contribution in [3.63, 3.8) is 0 Å². The summed E-state index contributed by atoms with van der Waals surface area (Å²) in [5, 5.41) is 6.45. The molecule has 0 unspecified atom stereocenters. The molecular weight excluding hydrogens is 280 g/mol. The van der Waals surface area contributed by atoms with Gasteiger partial charge in [-0.1, -0.05) is 32.9 Å². The van der Waals surface area contributed by atoms with E-state index in [0.717, 1.165) is 37.2 Å². The van der Waals surface area contributed by atoms with E-state index in [1.165, 1.54) is 5.56 Å². The number of carbonyl (C=O) groups excluding carboxylic acids is 1. The third kappa shape index (κ3) is 7.53. The van der Waals surface area contributed by atoms with Gasteiger partial charge in [-0.3, -0.25) is 4.79 Å². The Hall–Kier alpha value is -1.00. The fraction of sp³-hybridized carbons (Fsp3) is 0.588. The fourth-order valence-electron chi connectivity index (χ4n) is 2.02. The average molecular weight is 308 g/mol. The Labute approximate surface area is 133 Å². The van der Waals surface area contributed by atoms with E-state index in [2.05, 4.69) is 55.7 Å². The summed E-state index contributed by atoms with van der Waals surface area (Å²) < 4.78 is 0. The second kappa shape index (κ2) is 10.7. The third-order valence-electron chi connectivity index (χ3n) is 3.40. The van der Waals surface area contributed by atoms with Gasteiger partial charge >= 0.3 is 0 Å². The van der Waals surface area contributed by atoms with Gasteiger partial charge in [-0.25, -0.2) is 0 Å². The minimum absolute atomic E-state index is 0.127. The molecular formula is C17H28N2OS. The lowest BCUT2D eigenvalue weighted by molar-refractivity contribution is -0.119. The zero-order chi connectivity index (χ0) is 15.5. The normalized spacial score (nSPS) is 10.9. The Morgan fingerprint density at radius 2 is 1.81 bits per heavy atom. The van der Waals surface area contributed by atoms with Crippen molar-refractivity contribution in [3.05, 3.63) is 29.8 Å². The van der Waals surface area contributed by atoms with E-state index in [0.29, 0.717) is 11.8 Å². The Bertz CT molecular complexity index is 402. The highest BCUT2D eigenvalue weighted by molar-refractivity contribution is 8.00. The molecule has 3 nitrogen and oxygen atoms in total. The summed E-state index contributed by atoms with van der Waals surface area (Å²) in [5.41, 5.74) is 1.29. The van der Waals surface area contributed by atoms with Crippen molar-refractivity contribution < 1.29 is 4.79 Å². The standard InChI is InChI=1S/C17H28N2OS/c1-4-11-18-12-14-7-9-16(10-8-14)21-13-17(20)19-15(5-2)6-3/h7-10,15,18H,4-6,11-13H2,1-3H3,(H,19,20). The van der Waals surface area contributed by atoms with Crippen molar-refractivity contribution in [2.45, 2.75) is 57.5 Å². The molecule has 2 N–H and O–H groups in total. The SMILES string of the molecule is CCCNCc1ccc(SCC(=O)NC(CC)CC)cc1. The molecule has 0 saturated carbocycles. The van der Waals surface area contributed by atoms with E-state index in [-0.39, 0.29) is 5.91 Å². The molecule has 4 heteroatoms. The first-order valence-electron chi connectivity index (χ1n) is 7.91. The van der Waals surface area contributed by atoms with Crippen molar-refractivity contribution in [2.75, 3.05) is 12.3 Å². The molecule has 0 heterocycles. The van der Waals surface area contributed by atoms with Crippen LogP contribution in [0.5, 0.6) is 0 Å². The Balaban J connectivity index is 2.33. The van der Waals surface area contributed by atoms with Crippen molar-refractivity contribution in [3.8, 4) is 0 Å². The smallest absolute Gasteiger partial charge is 0.230 e. The topological polar surface area (TPSA) is 41.1 Å². The van der Waals surface area contributed by atoms with E-state index in [1.54, 1.807) is 11.8 Å². The molecule has 0 aliphatic carbocycles. The van der Waals surface area contributed by atoms with Gasteiger partial charge in [0.1, 0.15) is 0 Å². The van der Waals surface area contributed by atoms with Crippen LogP contribution in [0.1, 0.15) is 45.6 Å². The molecule has 0 bridgehead atoms. The van der Waals surface area contributed by atoms with Gasteiger partial charge in [0, 0.05) is 17.5 Å². The summed E-state index contributed by atoms with van der Waals surface area (Å²) in [7, 11) is 0.